The van der Waals surface area contributed by atoms with Crippen molar-refractivity contribution < 1.29 is 49.0 Å². The summed E-state index contributed by atoms with van der Waals surface area (Å²) in [5.41, 5.74) is 1.30. The molecule has 2 saturated heterocycles. The van der Waals surface area contributed by atoms with Crippen LogP contribution in [0.4, 0.5) is 0 Å². The Hall–Kier alpha value is -1.96. The molecule has 0 N–H and O–H groups in total. The molecule has 4 rings (SSSR count). The van der Waals surface area contributed by atoms with Crippen molar-refractivity contribution in [3.05, 3.63) is 47.4 Å². The van der Waals surface area contributed by atoms with Crippen LogP contribution in [0.1, 0.15) is 18.9 Å². The summed E-state index contributed by atoms with van der Waals surface area (Å²) >= 11 is 0. The van der Waals surface area contributed by atoms with E-state index < -0.39 is 12.0 Å². The van der Waals surface area contributed by atoms with Gasteiger partial charge in [-0.3, -0.25) is 14.6 Å². The zero-order valence-corrected chi connectivity index (χ0v) is 16.6. The number of nitrogens with zero attached hydrogens (tertiary/aromatic N) is 3. The molecule has 128 valence electrons. The predicted octanol–water partition coefficient (Wildman–Crippen LogP) is -3.44. The summed E-state index contributed by atoms with van der Waals surface area (Å²) in [5.74, 6) is -1.82. The van der Waals surface area contributed by atoms with Gasteiger partial charge in [0.05, 0.1) is 17.7 Å². The Labute approximate surface area is 172 Å². The van der Waals surface area contributed by atoms with Gasteiger partial charge in [0.1, 0.15) is 6.04 Å². The van der Waals surface area contributed by atoms with Crippen LogP contribution in [0.3, 0.4) is 0 Å². The first-order valence-electron chi connectivity index (χ1n) is 8.12. The fourth-order valence-corrected chi connectivity index (χ4v) is 4.11. The van der Waals surface area contributed by atoms with Gasteiger partial charge in [0.25, 0.3) is 5.91 Å². The average molecular weight is 361 g/mol. The van der Waals surface area contributed by atoms with Crippen molar-refractivity contribution in [2.24, 2.45) is 5.92 Å². The molecule has 1 aromatic heterocycles. The van der Waals surface area contributed by atoms with Gasteiger partial charge in [0.15, 0.2) is 0 Å². The average Bonchev–Trinajstić information content (AvgIpc) is 2.96. The second-order valence-electron chi connectivity index (χ2n) is 6.56. The topological polar surface area (TPSA) is 93.6 Å². The summed E-state index contributed by atoms with van der Waals surface area (Å²) in [6.07, 6.45) is 7.29. The summed E-state index contributed by atoms with van der Waals surface area (Å²) in [5, 5.41) is 11.7. The minimum absolute atomic E-state index is 0. The van der Waals surface area contributed by atoms with Crippen LogP contribution >= 0.6 is 0 Å². The van der Waals surface area contributed by atoms with Crippen molar-refractivity contribution in [2.75, 3.05) is 6.54 Å². The molecule has 1 aromatic rings. The molecule has 0 aliphatic carbocycles. The quantitative estimate of drug-likeness (QED) is 0.413. The van der Waals surface area contributed by atoms with E-state index in [1.54, 1.807) is 35.5 Å². The number of carboxylic acids is 1. The predicted molar refractivity (Wildman–Crippen MR) is 85.2 cm³/mol. The number of pyridine rings is 1. The number of aliphatic carboxylic acids is 1. The maximum Gasteiger partial charge on any atom is 1.00 e. The SMILES string of the molecule is CC(=O)N1CC2CC(/C=C/c3cccnc3)=C(C(=O)[O-])N3C(=O)C1[C@@H]23.[Na+]. The van der Waals surface area contributed by atoms with Crippen molar-refractivity contribution >= 4 is 23.9 Å². The largest absolute Gasteiger partial charge is 1.00 e. The number of β-lactam (4-membered cyclic amide) rings is 1. The number of hydrogen-bond donors (Lipinski definition) is 0. The van der Waals surface area contributed by atoms with Gasteiger partial charge in [-0.05, 0) is 23.6 Å². The van der Waals surface area contributed by atoms with E-state index >= 15 is 0 Å². The fourth-order valence-electron chi connectivity index (χ4n) is 4.11. The number of carboxylic acid groups (broad SMARTS) is 1. The normalized spacial score (nSPS) is 26.5. The number of hydrogen-bond acceptors (Lipinski definition) is 5. The van der Waals surface area contributed by atoms with Crippen LogP contribution in [-0.4, -0.2) is 51.2 Å². The molecule has 0 saturated carbocycles. The van der Waals surface area contributed by atoms with Crippen LogP contribution in [0.2, 0.25) is 0 Å². The second-order valence-corrected chi connectivity index (χ2v) is 6.56. The van der Waals surface area contributed by atoms with Crippen molar-refractivity contribution in [1.82, 2.24) is 14.8 Å². The number of rotatable bonds is 3. The Morgan fingerprint density at radius 2 is 2.12 bits per heavy atom. The molecule has 0 radical (unpaired) electrons. The second kappa shape index (κ2) is 6.98. The third-order valence-electron chi connectivity index (χ3n) is 5.15. The summed E-state index contributed by atoms with van der Waals surface area (Å²) in [6.45, 7) is 1.90. The molecular weight excluding hydrogens is 345 g/mol. The Kier molecular flexibility index (Phi) is 5.05. The molecular formula is C18H16N3NaO4. The molecule has 0 spiro atoms. The summed E-state index contributed by atoms with van der Waals surface area (Å²) in [4.78, 5) is 42.8. The van der Waals surface area contributed by atoms with Crippen LogP contribution < -0.4 is 34.7 Å². The molecule has 4 heterocycles. The Bertz CT molecular complexity index is 836. The minimum atomic E-state index is -1.36. The third-order valence-corrected chi connectivity index (χ3v) is 5.15. The Morgan fingerprint density at radius 1 is 1.35 bits per heavy atom. The van der Waals surface area contributed by atoms with E-state index in [9.17, 15) is 19.5 Å². The molecule has 3 aliphatic rings. The van der Waals surface area contributed by atoms with Crippen molar-refractivity contribution in [3.63, 3.8) is 0 Å². The van der Waals surface area contributed by atoms with Crippen molar-refractivity contribution in [2.45, 2.75) is 25.4 Å². The first-order valence-corrected chi connectivity index (χ1v) is 8.12. The number of allylic oxidation sites excluding steroid dienone is 2. The van der Waals surface area contributed by atoms with E-state index in [0.29, 0.717) is 18.5 Å². The Balaban J connectivity index is 0.00000196. The molecule has 26 heavy (non-hydrogen) atoms. The smallest absolute Gasteiger partial charge is 0.543 e. The minimum Gasteiger partial charge on any atom is -0.543 e. The summed E-state index contributed by atoms with van der Waals surface area (Å²) in [7, 11) is 0. The number of amides is 2. The van der Waals surface area contributed by atoms with Gasteiger partial charge in [-0.2, -0.15) is 0 Å². The van der Waals surface area contributed by atoms with Crippen LogP contribution in [0.5, 0.6) is 0 Å². The van der Waals surface area contributed by atoms with Crippen molar-refractivity contribution in [3.8, 4) is 0 Å². The first kappa shape index (κ1) is 18.8. The molecule has 2 unspecified atom stereocenters. The maximum atomic E-state index is 12.5. The molecule has 8 heteroatoms. The van der Waals surface area contributed by atoms with Gasteiger partial charge >= 0.3 is 29.6 Å². The summed E-state index contributed by atoms with van der Waals surface area (Å²) < 4.78 is 0. The molecule has 3 aliphatic heterocycles. The molecule has 3 atom stereocenters. The van der Waals surface area contributed by atoms with E-state index in [1.807, 2.05) is 6.07 Å². The standard InChI is InChI=1S/C18H17N3O4.Na/c1-10(22)20-9-13-7-12(5-4-11-3-2-6-19-8-11)15(18(24)25)21-14(13)16(20)17(21)23;/h2-6,8,13-14,16H,7,9H2,1H3,(H,24,25);/q;+1/p-1/b5-4+;/t13?,14-,16?;/m1./s1. The third kappa shape index (κ3) is 2.80. The molecule has 0 bridgehead atoms. The number of carbonyl (C=O) groups is 3. The Morgan fingerprint density at radius 3 is 2.73 bits per heavy atom. The zero-order valence-electron chi connectivity index (χ0n) is 14.6. The van der Waals surface area contributed by atoms with E-state index in [4.69, 9.17) is 0 Å². The van der Waals surface area contributed by atoms with Crippen LogP contribution in [0, 0.1) is 5.92 Å². The monoisotopic (exact) mass is 361 g/mol. The fraction of sp³-hybridized carbons (Fsp3) is 0.333. The summed E-state index contributed by atoms with van der Waals surface area (Å²) in [6, 6.07) is 2.86. The first-order chi connectivity index (χ1) is 12.0. The molecule has 7 nitrogen and oxygen atoms in total. The van der Waals surface area contributed by atoms with Gasteiger partial charge in [-0.15, -0.1) is 0 Å². The van der Waals surface area contributed by atoms with Crippen LogP contribution in [0.15, 0.2) is 41.9 Å². The number of likely N-dealkylation sites (tertiary alicyclic amines) is 1. The van der Waals surface area contributed by atoms with Gasteiger partial charge < -0.3 is 19.7 Å². The van der Waals surface area contributed by atoms with Gasteiger partial charge in [0.2, 0.25) is 5.91 Å². The van der Waals surface area contributed by atoms with Gasteiger partial charge in [-0.25, -0.2) is 0 Å². The molecule has 0 aromatic carbocycles. The van der Waals surface area contributed by atoms with E-state index in [-0.39, 0.29) is 59.0 Å². The maximum absolute atomic E-state index is 12.5. The molecule has 2 amide bonds. The molecule has 2 fully saturated rings. The van der Waals surface area contributed by atoms with Gasteiger partial charge in [0, 0.05) is 31.8 Å². The van der Waals surface area contributed by atoms with Crippen molar-refractivity contribution in [1.29, 1.82) is 0 Å². The van der Waals surface area contributed by atoms with E-state index in [2.05, 4.69) is 4.98 Å². The van der Waals surface area contributed by atoms with E-state index in [0.717, 1.165) is 5.56 Å². The van der Waals surface area contributed by atoms with Crippen LogP contribution in [-0.2, 0) is 14.4 Å². The zero-order chi connectivity index (χ0) is 17.7. The van der Waals surface area contributed by atoms with Gasteiger partial charge in [-0.1, -0.05) is 18.2 Å². The van der Waals surface area contributed by atoms with Crippen LogP contribution in [0.25, 0.3) is 6.08 Å². The van der Waals surface area contributed by atoms with E-state index in [1.165, 1.54) is 11.8 Å². The number of carbonyl (C=O) groups excluding carboxylic acids is 3. The number of aromatic nitrogens is 1.